The van der Waals surface area contributed by atoms with E-state index >= 15 is 0 Å². The van der Waals surface area contributed by atoms with Gasteiger partial charge in [-0.15, -0.1) is 0 Å². The van der Waals surface area contributed by atoms with E-state index < -0.39 is 0 Å². The van der Waals surface area contributed by atoms with Gasteiger partial charge in [-0.1, -0.05) is 24.6 Å². The van der Waals surface area contributed by atoms with Gasteiger partial charge in [0.15, 0.2) is 0 Å². The fourth-order valence-corrected chi connectivity index (χ4v) is 4.30. The summed E-state index contributed by atoms with van der Waals surface area (Å²) in [7, 11) is 0. The third kappa shape index (κ3) is 1.23. The summed E-state index contributed by atoms with van der Waals surface area (Å²) < 4.78 is 0. The molecule has 2 aliphatic heterocycles. The van der Waals surface area contributed by atoms with E-state index in [0.29, 0.717) is 5.92 Å². The van der Waals surface area contributed by atoms with Crippen LogP contribution in [0.15, 0.2) is 34.9 Å². The topological polar surface area (TPSA) is 32.3 Å². The number of aliphatic hydroxyl groups is 1. The van der Waals surface area contributed by atoms with Crippen LogP contribution in [-0.2, 0) is 0 Å². The third-order valence-corrected chi connectivity index (χ3v) is 5.10. The summed E-state index contributed by atoms with van der Waals surface area (Å²) in [6.07, 6.45) is 12.4. The minimum atomic E-state index is -0.247. The molecule has 0 aromatic carbocycles. The second-order valence-electron chi connectivity index (χ2n) is 5.90. The predicted octanol–water partition coefficient (Wildman–Crippen LogP) is 2.08. The Balaban J connectivity index is 1.88. The van der Waals surface area contributed by atoms with E-state index in [9.17, 15) is 5.11 Å². The average molecular weight is 229 g/mol. The number of hydrogen-bond donors (Lipinski definition) is 2. The summed E-state index contributed by atoms with van der Waals surface area (Å²) in [5, 5.41) is 13.7. The lowest BCUT2D eigenvalue weighted by molar-refractivity contribution is 0.132. The molecule has 2 heteroatoms. The normalized spacial score (nSPS) is 43.2. The monoisotopic (exact) mass is 229 g/mol. The quantitative estimate of drug-likeness (QED) is 0.666. The maximum absolute atomic E-state index is 9.91. The van der Waals surface area contributed by atoms with Gasteiger partial charge in [-0.2, -0.15) is 0 Å². The summed E-state index contributed by atoms with van der Waals surface area (Å²) >= 11 is 0. The molecule has 2 nitrogen and oxygen atoms in total. The van der Waals surface area contributed by atoms with Crippen molar-refractivity contribution in [1.29, 1.82) is 0 Å². The number of fused-ring (bicyclic) bond motifs is 1. The van der Waals surface area contributed by atoms with Gasteiger partial charge >= 0.3 is 0 Å². The van der Waals surface area contributed by atoms with E-state index in [1.165, 1.54) is 36.8 Å². The molecule has 3 aliphatic carbocycles. The van der Waals surface area contributed by atoms with E-state index in [1.54, 1.807) is 5.57 Å². The minimum Gasteiger partial charge on any atom is -0.389 e. The highest BCUT2D eigenvalue weighted by molar-refractivity contribution is 5.53. The van der Waals surface area contributed by atoms with Gasteiger partial charge < -0.3 is 10.4 Å². The van der Waals surface area contributed by atoms with Crippen LogP contribution in [0.5, 0.6) is 0 Å². The molecule has 5 aliphatic rings. The number of aliphatic hydroxyl groups excluding tert-OH is 1. The molecule has 2 heterocycles. The Labute approximate surface area is 102 Å². The maximum atomic E-state index is 9.91. The summed E-state index contributed by atoms with van der Waals surface area (Å²) in [4.78, 5) is 0. The Hall–Kier alpha value is -0.860. The van der Waals surface area contributed by atoms with Gasteiger partial charge in [-0.25, -0.2) is 0 Å². The van der Waals surface area contributed by atoms with Gasteiger partial charge in [-0.3, -0.25) is 0 Å². The standard InChI is InChI=1S/C15H19NO/c17-12-4-5-13-10-7-11-3-1-2-6-15(11,16-9-10)14(13)8-12/h4-5,7,12,14,16-17H,1-3,6,8-9H2. The van der Waals surface area contributed by atoms with Crippen molar-refractivity contribution in [3.63, 3.8) is 0 Å². The molecule has 5 rings (SSSR count). The summed E-state index contributed by atoms with van der Waals surface area (Å²) in [5.41, 5.74) is 4.78. The highest BCUT2D eigenvalue weighted by atomic mass is 16.3. The lowest BCUT2D eigenvalue weighted by atomic mass is 9.58. The Bertz CT molecular complexity index is 460. The zero-order valence-electron chi connectivity index (χ0n) is 10.1. The summed E-state index contributed by atoms with van der Waals surface area (Å²) in [6.45, 7) is 1.02. The fraction of sp³-hybridized carbons (Fsp3) is 0.600. The smallest absolute Gasteiger partial charge is 0.0730 e. The first kappa shape index (κ1) is 10.1. The molecule has 0 saturated heterocycles. The van der Waals surface area contributed by atoms with Crippen LogP contribution in [0.3, 0.4) is 0 Å². The van der Waals surface area contributed by atoms with Gasteiger partial charge in [0.05, 0.1) is 6.10 Å². The fourth-order valence-electron chi connectivity index (χ4n) is 4.30. The third-order valence-electron chi connectivity index (χ3n) is 5.10. The highest BCUT2D eigenvalue weighted by Gasteiger charge is 2.50. The van der Waals surface area contributed by atoms with Gasteiger partial charge in [0.2, 0.25) is 0 Å². The van der Waals surface area contributed by atoms with Crippen molar-refractivity contribution in [3.05, 3.63) is 34.9 Å². The summed E-state index contributed by atoms with van der Waals surface area (Å²) in [6, 6.07) is 0. The van der Waals surface area contributed by atoms with Crippen LogP contribution >= 0.6 is 0 Å². The lowest BCUT2D eigenvalue weighted by Crippen LogP contribution is -2.61. The molecule has 0 aromatic heterocycles. The number of nitrogens with one attached hydrogen (secondary N) is 1. The van der Waals surface area contributed by atoms with Crippen molar-refractivity contribution in [2.75, 3.05) is 6.54 Å². The van der Waals surface area contributed by atoms with Crippen LogP contribution in [0.4, 0.5) is 0 Å². The van der Waals surface area contributed by atoms with Gasteiger partial charge in [0.25, 0.3) is 0 Å². The van der Waals surface area contributed by atoms with Gasteiger partial charge in [0, 0.05) is 18.0 Å². The second kappa shape index (κ2) is 3.33. The van der Waals surface area contributed by atoms with E-state index in [-0.39, 0.29) is 11.6 Å². The summed E-state index contributed by atoms with van der Waals surface area (Å²) in [5.74, 6) is 0.520. The number of rotatable bonds is 0. The lowest BCUT2D eigenvalue weighted by Gasteiger charge is -2.54. The number of allylic oxidation sites excluding steroid dienone is 1. The first-order valence-electron chi connectivity index (χ1n) is 6.85. The Kier molecular flexibility index (Phi) is 1.98. The molecule has 1 fully saturated rings. The van der Waals surface area contributed by atoms with Crippen molar-refractivity contribution >= 4 is 0 Å². The van der Waals surface area contributed by atoms with Crippen molar-refractivity contribution in [3.8, 4) is 0 Å². The Morgan fingerprint density at radius 3 is 3.24 bits per heavy atom. The number of hydrogen-bond acceptors (Lipinski definition) is 2. The van der Waals surface area contributed by atoms with E-state index in [1.807, 2.05) is 6.08 Å². The van der Waals surface area contributed by atoms with Crippen LogP contribution in [0.25, 0.3) is 0 Å². The molecule has 90 valence electrons. The molecular weight excluding hydrogens is 210 g/mol. The molecule has 3 unspecified atom stereocenters. The zero-order chi connectivity index (χ0) is 11.5. The maximum Gasteiger partial charge on any atom is 0.0730 e. The molecule has 17 heavy (non-hydrogen) atoms. The zero-order valence-corrected chi connectivity index (χ0v) is 10.1. The molecule has 0 radical (unpaired) electrons. The predicted molar refractivity (Wildman–Crippen MR) is 67.6 cm³/mol. The van der Waals surface area contributed by atoms with Crippen molar-refractivity contribution in [1.82, 2.24) is 5.32 Å². The van der Waals surface area contributed by atoms with Crippen LogP contribution < -0.4 is 5.32 Å². The minimum absolute atomic E-state index is 0.196. The molecule has 2 bridgehead atoms. The second-order valence-corrected chi connectivity index (χ2v) is 5.90. The largest absolute Gasteiger partial charge is 0.389 e. The molecule has 0 aromatic rings. The van der Waals surface area contributed by atoms with Gasteiger partial charge in [0.1, 0.15) is 0 Å². The SMILES string of the molecule is OC1C=CC2=C3C=C4CCCCC4(NC3)C2C1. The van der Waals surface area contributed by atoms with Crippen LogP contribution in [-0.4, -0.2) is 23.3 Å². The molecular formula is C15H19NO. The van der Waals surface area contributed by atoms with Crippen molar-refractivity contribution in [2.24, 2.45) is 5.92 Å². The van der Waals surface area contributed by atoms with Crippen LogP contribution in [0, 0.1) is 5.92 Å². The van der Waals surface area contributed by atoms with Crippen LogP contribution in [0.2, 0.25) is 0 Å². The van der Waals surface area contributed by atoms with Crippen molar-refractivity contribution in [2.45, 2.75) is 43.7 Å². The first-order valence-corrected chi connectivity index (χ1v) is 6.85. The van der Waals surface area contributed by atoms with E-state index in [0.717, 1.165) is 13.0 Å². The molecule has 1 spiro atoms. The van der Waals surface area contributed by atoms with Crippen molar-refractivity contribution < 1.29 is 5.11 Å². The molecule has 1 saturated carbocycles. The Morgan fingerprint density at radius 1 is 1.35 bits per heavy atom. The molecule has 3 atom stereocenters. The van der Waals surface area contributed by atoms with Gasteiger partial charge in [-0.05, 0) is 42.4 Å². The molecule has 2 N–H and O–H groups in total. The Morgan fingerprint density at radius 2 is 2.29 bits per heavy atom. The van der Waals surface area contributed by atoms with E-state index in [4.69, 9.17) is 0 Å². The average Bonchev–Trinajstić information content (AvgIpc) is 2.38. The highest BCUT2D eigenvalue weighted by Crippen LogP contribution is 2.51. The first-order chi connectivity index (χ1) is 8.29. The molecule has 0 amide bonds. The van der Waals surface area contributed by atoms with Crippen LogP contribution in [0.1, 0.15) is 32.1 Å². The van der Waals surface area contributed by atoms with E-state index in [2.05, 4.69) is 17.5 Å².